The van der Waals surface area contributed by atoms with Gasteiger partial charge in [-0.3, -0.25) is 4.79 Å². The van der Waals surface area contributed by atoms with Crippen LogP contribution in [0.4, 0.5) is 5.69 Å². The molecule has 0 spiro atoms. The number of halogens is 1. The van der Waals surface area contributed by atoms with Crippen molar-refractivity contribution in [3.8, 4) is 5.75 Å². The van der Waals surface area contributed by atoms with E-state index >= 15 is 0 Å². The molecule has 1 aromatic heterocycles. The molecule has 0 saturated carbocycles. The van der Waals surface area contributed by atoms with E-state index in [1.165, 1.54) is 30.3 Å². The second kappa shape index (κ2) is 9.99. The highest BCUT2D eigenvalue weighted by atomic mass is 35.5. The topological polar surface area (TPSA) is 114 Å². The quantitative estimate of drug-likeness (QED) is 0.274. The Morgan fingerprint density at radius 3 is 2.68 bits per heavy atom. The zero-order chi connectivity index (χ0) is 22.4. The van der Waals surface area contributed by atoms with Crippen LogP contribution in [-0.4, -0.2) is 39.9 Å². The summed E-state index contributed by atoms with van der Waals surface area (Å²) in [5.74, 6) is -0.618. The zero-order valence-corrected chi connectivity index (χ0v) is 18.6. The van der Waals surface area contributed by atoms with Gasteiger partial charge in [-0.25, -0.2) is 8.42 Å². The molecular weight excluding hydrogens is 460 g/mol. The van der Waals surface area contributed by atoms with E-state index in [4.69, 9.17) is 11.6 Å². The van der Waals surface area contributed by atoms with Crippen molar-refractivity contribution in [3.05, 3.63) is 72.0 Å². The van der Waals surface area contributed by atoms with E-state index in [9.17, 15) is 18.3 Å². The number of thioether (sulfide) groups is 1. The number of benzene rings is 2. The summed E-state index contributed by atoms with van der Waals surface area (Å²) in [5.41, 5.74) is 0.195. The Kier molecular flexibility index (Phi) is 7.37. The van der Waals surface area contributed by atoms with E-state index in [1.807, 2.05) is 0 Å². The second-order valence-electron chi connectivity index (χ2n) is 6.37. The van der Waals surface area contributed by atoms with Gasteiger partial charge in [-0.05, 0) is 30.3 Å². The van der Waals surface area contributed by atoms with Crippen molar-refractivity contribution in [3.63, 3.8) is 0 Å². The van der Waals surface area contributed by atoms with Crippen LogP contribution in [0.2, 0.25) is 5.02 Å². The molecule has 0 radical (unpaired) electrons. The summed E-state index contributed by atoms with van der Waals surface area (Å²) in [7, 11) is -3.61. The molecule has 1 amide bonds. The highest BCUT2D eigenvalue weighted by molar-refractivity contribution is 7.99. The van der Waals surface area contributed by atoms with Gasteiger partial charge in [-0.2, -0.15) is 0 Å². The predicted octanol–water partition coefficient (Wildman–Crippen LogP) is 3.53. The molecule has 2 aromatic carbocycles. The molecule has 11 heteroatoms. The van der Waals surface area contributed by atoms with Crippen molar-refractivity contribution in [1.29, 1.82) is 0 Å². The molecule has 1 heterocycles. The maximum Gasteiger partial charge on any atom is 0.234 e. The molecule has 3 rings (SSSR count). The van der Waals surface area contributed by atoms with Crippen LogP contribution in [0.3, 0.4) is 0 Å². The van der Waals surface area contributed by atoms with Crippen molar-refractivity contribution in [2.24, 2.45) is 0 Å². The first-order valence-corrected chi connectivity index (χ1v) is 12.0. The van der Waals surface area contributed by atoms with Gasteiger partial charge in [-0.1, -0.05) is 47.6 Å². The van der Waals surface area contributed by atoms with Gasteiger partial charge in [0.05, 0.1) is 16.3 Å². The summed E-state index contributed by atoms with van der Waals surface area (Å²) >= 11 is 6.97. The van der Waals surface area contributed by atoms with E-state index < -0.39 is 15.7 Å². The average Bonchev–Trinajstić information content (AvgIpc) is 3.11. The fourth-order valence-corrected chi connectivity index (χ4v) is 4.88. The van der Waals surface area contributed by atoms with Crippen LogP contribution in [0.25, 0.3) is 0 Å². The first kappa shape index (κ1) is 22.9. The van der Waals surface area contributed by atoms with E-state index in [0.29, 0.717) is 10.2 Å². The number of nitrogens with zero attached hydrogens (tertiary/aromatic N) is 3. The highest BCUT2D eigenvalue weighted by Gasteiger charge is 2.21. The lowest BCUT2D eigenvalue weighted by Gasteiger charge is -2.09. The third kappa shape index (κ3) is 5.87. The number of phenols is 1. The van der Waals surface area contributed by atoms with Crippen LogP contribution < -0.4 is 5.32 Å². The van der Waals surface area contributed by atoms with Gasteiger partial charge in [0.25, 0.3) is 0 Å². The lowest BCUT2D eigenvalue weighted by Crippen LogP contribution is -2.15. The number of allylic oxidation sites excluding steroid dienone is 1. The van der Waals surface area contributed by atoms with Crippen LogP contribution in [-0.2, 0) is 26.9 Å². The van der Waals surface area contributed by atoms with E-state index in [2.05, 4.69) is 22.1 Å². The SMILES string of the molecule is C=CCn1c(CS(=O)(=O)c2ccccc2)nnc1SCC(=O)Nc1cc(Cl)ccc1O. The lowest BCUT2D eigenvalue weighted by molar-refractivity contribution is -0.113. The molecule has 0 atom stereocenters. The molecule has 0 aliphatic carbocycles. The summed E-state index contributed by atoms with van der Waals surface area (Å²) in [6.07, 6.45) is 1.59. The first-order valence-electron chi connectivity index (χ1n) is 9.02. The smallest absolute Gasteiger partial charge is 0.234 e. The van der Waals surface area contributed by atoms with Crippen LogP contribution in [0.15, 0.2) is 71.2 Å². The lowest BCUT2D eigenvalue weighted by atomic mass is 10.3. The second-order valence-corrected chi connectivity index (χ2v) is 9.74. The number of aromatic hydroxyl groups is 1. The normalized spacial score (nSPS) is 11.3. The first-order chi connectivity index (χ1) is 14.8. The molecule has 0 fully saturated rings. The Balaban J connectivity index is 1.72. The summed E-state index contributed by atoms with van der Waals surface area (Å²) in [5, 5.41) is 21.2. The predicted molar refractivity (Wildman–Crippen MR) is 120 cm³/mol. The number of carbonyl (C=O) groups excluding carboxylic acids is 1. The average molecular weight is 479 g/mol. The minimum atomic E-state index is -3.61. The molecule has 31 heavy (non-hydrogen) atoms. The van der Waals surface area contributed by atoms with Crippen LogP contribution in [0, 0.1) is 0 Å². The van der Waals surface area contributed by atoms with Crippen molar-refractivity contribution in [2.75, 3.05) is 11.1 Å². The maximum atomic E-state index is 12.7. The van der Waals surface area contributed by atoms with Crippen molar-refractivity contribution in [1.82, 2.24) is 14.8 Å². The fourth-order valence-electron chi connectivity index (χ4n) is 2.65. The Morgan fingerprint density at radius 2 is 1.97 bits per heavy atom. The highest BCUT2D eigenvalue weighted by Crippen LogP contribution is 2.27. The molecule has 0 aliphatic rings. The summed E-state index contributed by atoms with van der Waals surface area (Å²) in [6, 6.07) is 12.4. The minimum absolute atomic E-state index is 0.0351. The molecule has 162 valence electrons. The Labute approximate surface area is 188 Å². The molecular formula is C20H19ClN4O4S2. The van der Waals surface area contributed by atoms with Gasteiger partial charge >= 0.3 is 0 Å². The maximum absolute atomic E-state index is 12.7. The number of amides is 1. The molecule has 0 saturated heterocycles. The monoisotopic (exact) mass is 478 g/mol. The number of aromatic nitrogens is 3. The van der Waals surface area contributed by atoms with Gasteiger partial charge in [0.1, 0.15) is 17.3 Å². The number of hydrogen-bond acceptors (Lipinski definition) is 7. The third-order valence-corrected chi connectivity index (χ3v) is 6.92. The fraction of sp³-hybridized carbons (Fsp3) is 0.150. The minimum Gasteiger partial charge on any atom is -0.506 e. The molecule has 0 bridgehead atoms. The van der Waals surface area contributed by atoms with Gasteiger partial charge in [0.15, 0.2) is 15.0 Å². The standard InChI is InChI=1S/C20H19ClN4O4S2/c1-2-10-25-18(13-31(28,29)15-6-4-3-5-7-15)23-24-20(25)30-12-19(27)22-16-11-14(21)8-9-17(16)26/h2-9,11,26H,1,10,12-13H2,(H,22,27). The van der Waals surface area contributed by atoms with Crippen LogP contribution >= 0.6 is 23.4 Å². The van der Waals surface area contributed by atoms with Gasteiger partial charge in [-0.15, -0.1) is 16.8 Å². The number of nitrogens with one attached hydrogen (secondary N) is 1. The van der Waals surface area contributed by atoms with Crippen molar-refractivity contribution >= 4 is 44.8 Å². The molecule has 3 aromatic rings. The number of phenolic OH excluding ortho intramolecular Hbond substituents is 1. The molecule has 2 N–H and O–H groups in total. The van der Waals surface area contributed by atoms with Crippen LogP contribution in [0.1, 0.15) is 5.82 Å². The Bertz CT molecular complexity index is 1200. The summed E-state index contributed by atoms with van der Waals surface area (Å²) in [6.45, 7) is 3.97. The van der Waals surface area contributed by atoms with E-state index in [1.54, 1.807) is 28.8 Å². The van der Waals surface area contributed by atoms with Crippen molar-refractivity contribution < 1.29 is 18.3 Å². The number of hydrogen-bond donors (Lipinski definition) is 2. The molecule has 0 unspecified atom stereocenters. The Hall–Kier alpha value is -2.82. The molecule has 8 nitrogen and oxygen atoms in total. The van der Waals surface area contributed by atoms with Gasteiger partial charge < -0.3 is 15.0 Å². The van der Waals surface area contributed by atoms with Gasteiger partial charge in [0, 0.05) is 11.6 Å². The number of carbonyl (C=O) groups is 1. The number of sulfone groups is 1. The zero-order valence-electron chi connectivity index (χ0n) is 16.2. The largest absolute Gasteiger partial charge is 0.506 e. The summed E-state index contributed by atoms with van der Waals surface area (Å²) in [4.78, 5) is 12.5. The number of rotatable bonds is 9. The van der Waals surface area contributed by atoms with Gasteiger partial charge in [0.2, 0.25) is 5.91 Å². The summed E-state index contributed by atoms with van der Waals surface area (Å²) < 4.78 is 27.0. The Morgan fingerprint density at radius 1 is 1.23 bits per heavy atom. The van der Waals surface area contributed by atoms with E-state index in [-0.39, 0.29) is 40.2 Å². The van der Waals surface area contributed by atoms with E-state index in [0.717, 1.165) is 11.8 Å². The number of anilines is 1. The van der Waals surface area contributed by atoms with Crippen LogP contribution in [0.5, 0.6) is 5.75 Å². The third-order valence-electron chi connectivity index (χ3n) is 4.09. The van der Waals surface area contributed by atoms with Crippen molar-refractivity contribution in [2.45, 2.75) is 22.3 Å². The molecule has 0 aliphatic heterocycles.